The van der Waals surface area contributed by atoms with Crippen LogP contribution in [0, 0.1) is 0 Å². The minimum atomic E-state index is -3.49. The van der Waals surface area contributed by atoms with Crippen molar-refractivity contribution in [3.63, 3.8) is 0 Å². The third-order valence-electron chi connectivity index (χ3n) is 1.02. The number of sulfone groups is 1. The summed E-state index contributed by atoms with van der Waals surface area (Å²) < 4.78 is 21.3. The molecular formula is C5H7Cl3O2S. The summed E-state index contributed by atoms with van der Waals surface area (Å²) in [6, 6.07) is 0. The largest absolute Gasteiger partial charge is 0.222 e. The van der Waals surface area contributed by atoms with Crippen molar-refractivity contribution in [3.05, 3.63) is 8.86 Å². The van der Waals surface area contributed by atoms with Crippen LogP contribution in [-0.2, 0) is 9.84 Å². The van der Waals surface area contributed by atoms with E-state index in [0.717, 1.165) is 0 Å². The lowest BCUT2D eigenvalue weighted by atomic mass is 10.6. The van der Waals surface area contributed by atoms with Gasteiger partial charge in [-0.2, -0.15) is 0 Å². The Morgan fingerprint density at radius 3 is 1.64 bits per heavy atom. The van der Waals surface area contributed by atoms with Gasteiger partial charge in [0.1, 0.15) is 4.49 Å². The number of halogens is 3. The lowest BCUT2D eigenvalue weighted by molar-refractivity contribution is 0.595. The van der Waals surface area contributed by atoms with E-state index in [0.29, 0.717) is 0 Å². The maximum absolute atomic E-state index is 11.1. The first-order valence-corrected chi connectivity index (χ1v) is 5.43. The SMILES string of the molecule is CC(C)S(=O)(=O)C(Cl)=C(Cl)Cl. The van der Waals surface area contributed by atoms with Crippen molar-refractivity contribution in [2.75, 3.05) is 0 Å². The van der Waals surface area contributed by atoms with E-state index in [4.69, 9.17) is 34.8 Å². The highest BCUT2D eigenvalue weighted by Crippen LogP contribution is 2.25. The predicted octanol–water partition coefficient (Wildman–Crippen LogP) is 2.65. The highest BCUT2D eigenvalue weighted by atomic mass is 35.5. The molecule has 11 heavy (non-hydrogen) atoms. The Hall–Kier alpha value is 0.560. The van der Waals surface area contributed by atoms with E-state index in [1.807, 2.05) is 0 Å². The number of hydrogen-bond acceptors (Lipinski definition) is 2. The molecule has 0 rings (SSSR count). The third kappa shape index (κ3) is 2.82. The summed E-state index contributed by atoms with van der Waals surface area (Å²) >= 11 is 15.7. The first kappa shape index (κ1) is 11.6. The van der Waals surface area contributed by atoms with E-state index >= 15 is 0 Å². The Labute approximate surface area is 81.0 Å². The fourth-order valence-electron chi connectivity index (χ4n) is 0.314. The molecule has 6 heteroatoms. The van der Waals surface area contributed by atoms with Crippen LogP contribution in [-0.4, -0.2) is 13.7 Å². The van der Waals surface area contributed by atoms with Crippen LogP contribution in [0.25, 0.3) is 0 Å². The highest BCUT2D eigenvalue weighted by molar-refractivity contribution is 7.97. The smallest absolute Gasteiger partial charge is 0.193 e. The van der Waals surface area contributed by atoms with Crippen molar-refractivity contribution >= 4 is 44.6 Å². The Bertz CT molecular complexity index is 261. The molecule has 0 saturated carbocycles. The molecule has 2 nitrogen and oxygen atoms in total. The van der Waals surface area contributed by atoms with Crippen molar-refractivity contribution in [2.24, 2.45) is 0 Å². The van der Waals surface area contributed by atoms with Crippen LogP contribution < -0.4 is 0 Å². The maximum atomic E-state index is 11.1. The zero-order valence-corrected chi connectivity index (χ0v) is 9.02. The average molecular weight is 238 g/mol. The molecule has 66 valence electrons. The third-order valence-corrected chi connectivity index (χ3v) is 4.59. The molecule has 0 N–H and O–H groups in total. The molecule has 0 unspecified atom stereocenters. The molecule has 0 radical (unpaired) electrons. The van der Waals surface area contributed by atoms with Crippen LogP contribution in [0.2, 0.25) is 0 Å². The van der Waals surface area contributed by atoms with Gasteiger partial charge in [0.05, 0.1) is 5.25 Å². The Morgan fingerprint density at radius 1 is 1.18 bits per heavy atom. The van der Waals surface area contributed by atoms with Crippen LogP contribution >= 0.6 is 34.8 Å². The van der Waals surface area contributed by atoms with Gasteiger partial charge in [0, 0.05) is 0 Å². The van der Waals surface area contributed by atoms with Gasteiger partial charge in [0.25, 0.3) is 0 Å². The number of hydrogen-bond donors (Lipinski definition) is 0. The van der Waals surface area contributed by atoms with Gasteiger partial charge in [-0.1, -0.05) is 34.8 Å². The van der Waals surface area contributed by atoms with Gasteiger partial charge in [-0.15, -0.1) is 0 Å². The van der Waals surface area contributed by atoms with E-state index in [-0.39, 0.29) is 0 Å². The highest BCUT2D eigenvalue weighted by Gasteiger charge is 2.22. The Balaban J connectivity index is 5.05. The molecule has 0 amide bonds. The molecule has 0 aromatic carbocycles. The maximum Gasteiger partial charge on any atom is 0.193 e. The zero-order chi connectivity index (χ0) is 9.23. The molecule has 0 heterocycles. The summed E-state index contributed by atoms with van der Waals surface area (Å²) in [6.07, 6.45) is 0. The van der Waals surface area contributed by atoms with Crippen LogP contribution in [0.15, 0.2) is 8.86 Å². The standard InChI is InChI=1S/C5H7Cl3O2S/c1-3(2)11(9,10)5(8)4(6)7/h3H,1-2H3. The summed E-state index contributed by atoms with van der Waals surface area (Å²) in [6.45, 7) is 2.99. The molecule has 0 aliphatic heterocycles. The van der Waals surface area contributed by atoms with Gasteiger partial charge < -0.3 is 0 Å². The van der Waals surface area contributed by atoms with Gasteiger partial charge in [0.15, 0.2) is 14.2 Å². The minimum absolute atomic E-state index is 0.416. The van der Waals surface area contributed by atoms with Crippen molar-refractivity contribution in [1.29, 1.82) is 0 Å². The lowest BCUT2D eigenvalue weighted by Crippen LogP contribution is -2.13. The molecule has 0 atom stereocenters. The molecular weight excluding hydrogens is 230 g/mol. The van der Waals surface area contributed by atoms with E-state index in [1.165, 1.54) is 13.8 Å². The molecule has 0 aliphatic carbocycles. The lowest BCUT2D eigenvalue weighted by Gasteiger charge is -2.04. The summed E-state index contributed by atoms with van der Waals surface area (Å²) in [7, 11) is -3.49. The predicted molar refractivity (Wildman–Crippen MR) is 48.6 cm³/mol. The first-order valence-electron chi connectivity index (χ1n) is 2.74. The summed E-state index contributed by atoms with van der Waals surface area (Å²) in [5.74, 6) is 0. The van der Waals surface area contributed by atoms with Crippen molar-refractivity contribution in [2.45, 2.75) is 19.1 Å². The molecule has 0 aromatic heterocycles. The van der Waals surface area contributed by atoms with Gasteiger partial charge in [-0.25, -0.2) is 8.42 Å². The second kappa shape index (κ2) is 3.99. The van der Waals surface area contributed by atoms with E-state index in [2.05, 4.69) is 0 Å². The summed E-state index contributed by atoms with van der Waals surface area (Å²) in [4.78, 5) is 0. The van der Waals surface area contributed by atoms with Crippen LogP contribution in [0.5, 0.6) is 0 Å². The minimum Gasteiger partial charge on any atom is -0.222 e. The molecule has 0 aliphatic rings. The van der Waals surface area contributed by atoms with E-state index in [9.17, 15) is 8.42 Å². The van der Waals surface area contributed by atoms with Gasteiger partial charge in [-0.05, 0) is 13.8 Å². The van der Waals surface area contributed by atoms with Crippen molar-refractivity contribution in [3.8, 4) is 0 Å². The Morgan fingerprint density at radius 2 is 1.55 bits per heavy atom. The van der Waals surface area contributed by atoms with Crippen molar-refractivity contribution in [1.82, 2.24) is 0 Å². The van der Waals surface area contributed by atoms with Crippen LogP contribution in [0.1, 0.15) is 13.8 Å². The van der Waals surface area contributed by atoms with Gasteiger partial charge in [-0.3, -0.25) is 0 Å². The quantitative estimate of drug-likeness (QED) is 0.740. The monoisotopic (exact) mass is 236 g/mol. The average Bonchev–Trinajstić information content (AvgIpc) is 1.85. The van der Waals surface area contributed by atoms with E-state index in [1.54, 1.807) is 0 Å². The molecule has 0 fully saturated rings. The summed E-state index contributed by atoms with van der Waals surface area (Å²) in [5.41, 5.74) is 0. The summed E-state index contributed by atoms with van der Waals surface area (Å²) in [5, 5.41) is -0.609. The van der Waals surface area contributed by atoms with Gasteiger partial charge in [0.2, 0.25) is 0 Å². The second-order valence-corrected chi connectivity index (χ2v) is 6.12. The first-order chi connectivity index (χ1) is 4.80. The fraction of sp³-hybridized carbons (Fsp3) is 0.600. The topological polar surface area (TPSA) is 34.1 Å². The van der Waals surface area contributed by atoms with Crippen LogP contribution in [0.4, 0.5) is 0 Å². The fourth-order valence-corrected chi connectivity index (χ4v) is 2.12. The zero-order valence-electron chi connectivity index (χ0n) is 5.94. The van der Waals surface area contributed by atoms with Crippen molar-refractivity contribution < 1.29 is 8.42 Å². The van der Waals surface area contributed by atoms with Gasteiger partial charge >= 0.3 is 0 Å². The van der Waals surface area contributed by atoms with E-state index < -0.39 is 23.9 Å². The molecule has 0 bridgehead atoms. The normalized spacial score (nSPS) is 11.8. The number of rotatable bonds is 2. The molecule has 0 spiro atoms. The second-order valence-electron chi connectivity index (χ2n) is 2.13. The Kier molecular flexibility index (Phi) is 4.19. The molecule has 0 saturated heterocycles. The molecule has 0 aromatic rings. The van der Waals surface area contributed by atoms with Crippen LogP contribution in [0.3, 0.4) is 0 Å².